The zero-order valence-corrected chi connectivity index (χ0v) is 8.89. The van der Waals surface area contributed by atoms with Gasteiger partial charge in [0, 0.05) is 7.11 Å². The Morgan fingerprint density at radius 1 is 1.36 bits per heavy atom. The van der Waals surface area contributed by atoms with Gasteiger partial charge >= 0.3 is 0 Å². The van der Waals surface area contributed by atoms with Crippen LogP contribution < -0.4 is 0 Å². The Morgan fingerprint density at radius 2 is 2.00 bits per heavy atom. The van der Waals surface area contributed by atoms with E-state index in [1.807, 2.05) is 13.8 Å². The van der Waals surface area contributed by atoms with Crippen LogP contribution in [-0.4, -0.2) is 28.5 Å². The molecule has 1 rings (SSSR count). The quantitative estimate of drug-likeness (QED) is 0.792. The van der Waals surface area contributed by atoms with Gasteiger partial charge in [-0.2, -0.15) is 4.98 Å². The number of aliphatic hydroxyl groups is 1. The van der Waals surface area contributed by atoms with Crippen LogP contribution in [0.4, 0.5) is 0 Å². The number of ether oxygens (including phenoxy) is 1. The van der Waals surface area contributed by atoms with Gasteiger partial charge in [0.25, 0.3) is 0 Å². The van der Waals surface area contributed by atoms with Crippen LogP contribution in [-0.2, 0) is 4.74 Å². The van der Waals surface area contributed by atoms with Crippen LogP contribution in [0, 0.1) is 0 Å². The summed E-state index contributed by atoms with van der Waals surface area (Å²) in [6.07, 6.45) is -0.685. The van der Waals surface area contributed by atoms with E-state index in [9.17, 15) is 5.11 Å². The Bertz CT molecular complexity index is 285. The van der Waals surface area contributed by atoms with Crippen LogP contribution in [0.3, 0.4) is 0 Å². The van der Waals surface area contributed by atoms with Crippen molar-refractivity contribution >= 4 is 0 Å². The van der Waals surface area contributed by atoms with Crippen molar-refractivity contribution in [1.82, 2.24) is 10.1 Å². The third-order valence-corrected chi connectivity index (χ3v) is 2.29. The predicted molar refractivity (Wildman–Crippen MR) is 49.8 cm³/mol. The van der Waals surface area contributed by atoms with Crippen LogP contribution >= 0.6 is 0 Å². The Balaban J connectivity index is 2.77. The van der Waals surface area contributed by atoms with Crippen LogP contribution in [0.5, 0.6) is 0 Å². The summed E-state index contributed by atoms with van der Waals surface area (Å²) in [7, 11) is 1.58. The first kappa shape index (κ1) is 11.1. The van der Waals surface area contributed by atoms with Crippen LogP contribution in [0.2, 0.25) is 0 Å². The average molecular weight is 200 g/mol. The number of aliphatic hydroxyl groups excluding tert-OH is 1. The maximum atomic E-state index is 9.32. The molecule has 80 valence electrons. The summed E-state index contributed by atoms with van der Waals surface area (Å²) in [5, 5.41) is 13.1. The molecule has 1 aromatic heterocycles. The van der Waals surface area contributed by atoms with E-state index >= 15 is 0 Å². The van der Waals surface area contributed by atoms with Crippen molar-refractivity contribution in [2.45, 2.75) is 38.9 Å². The summed E-state index contributed by atoms with van der Waals surface area (Å²) in [5.41, 5.74) is 0. The third-order valence-electron chi connectivity index (χ3n) is 2.29. The van der Waals surface area contributed by atoms with Crippen molar-refractivity contribution in [1.29, 1.82) is 0 Å². The minimum Gasteiger partial charge on any atom is -0.393 e. The second-order valence-corrected chi connectivity index (χ2v) is 3.40. The smallest absolute Gasteiger partial charge is 0.232 e. The van der Waals surface area contributed by atoms with Crippen molar-refractivity contribution in [3.63, 3.8) is 0 Å². The van der Waals surface area contributed by atoms with Crippen molar-refractivity contribution in [3.05, 3.63) is 11.7 Å². The minimum absolute atomic E-state index is 0.152. The van der Waals surface area contributed by atoms with E-state index in [-0.39, 0.29) is 12.0 Å². The van der Waals surface area contributed by atoms with Crippen molar-refractivity contribution in [2.75, 3.05) is 7.11 Å². The molecule has 0 aromatic carbocycles. The highest BCUT2D eigenvalue weighted by Gasteiger charge is 2.20. The van der Waals surface area contributed by atoms with E-state index in [1.54, 1.807) is 14.0 Å². The van der Waals surface area contributed by atoms with E-state index in [1.165, 1.54) is 0 Å². The fourth-order valence-corrected chi connectivity index (χ4v) is 0.909. The fourth-order valence-electron chi connectivity index (χ4n) is 0.909. The maximum absolute atomic E-state index is 9.32. The second kappa shape index (κ2) is 4.52. The highest BCUT2D eigenvalue weighted by molar-refractivity contribution is 4.96. The zero-order chi connectivity index (χ0) is 10.7. The van der Waals surface area contributed by atoms with Crippen molar-refractivity contribution in [2.24, 2.45) is 0 Å². The van der Waals surface area contributed by atoms with Gasteiger partial charge < -0.3 is 14.4 Å². The van der Waals surface area contributed by atoms with Gasteiger partial charge in [-0.1, -0.05) is 12.1 Å². The third kappa shape index (κ3) is 2.30. The van der Waals surface area contributed by atoms with Gasteiger partial charge in [0.05, 0.1) is 12.0 Å². The molecule has 0 aliphatic rings. The van der Waals surface area contributed by atoms with E-state index in [0.717, 1.165) is 0 Å². The molecule has 0 radical (unpaired) electrons. The van der Waals surface area contributed by atoms with Gasteiger partial charge in [0.15, 0.2) is 5.82 Å². The standard InChI is InChI=1S/C9H16N2O3/c1-5(6(2)12)9-10-8(11-14-9)7(3)13-4/h5-7,12H,1-4H3. The molecule has 1 heterocycles. The molecule has 0 saturated heterocycles. The van der Waals surface area contributed by atoms with E-state index < -0.39 is 6.10 Å². The number of nitrogens with zero attached hydrogens (tertiary/aromatic N) is 2. The second-order valence-electron chi connectivity index (χ2n) is 3.40. The highest BCUT2D eigenvalue weighted by atomic mass is 16.5. The Hall–Kier alpha value is -0.940. The molecule has 0 aliphatic heterocycles. The SMILES string of the molecule is COC(C)c1noc(C(C)C(C)O)n1. The van der Waals surface area contributed by atoms with Gasteiger partial charge in [0.1, 0.15) is 6.10 Å². The van der Waals surface area contributed by atoms with Crippen molar-refractivity contribution < 1.29 is 14.4 Å². The number of aromatic nitrogens is 2. The first-order valence-corrected chi connectivity index (χ1v) is 4.60. The normalized spacial score (nSPS) is 17.8. The lowest BCUT2D eigenvalue weighted by atomic mass is 10.1. The van der Waals surface area contributed by atoms with Gasteiger partial charge in [-0.05, 0) is 13.8 Å². The summed E-state index contributed by atoms with van der Waals surface area (Å²) in [5.74, 6) is 0.800. The fraction of sp³-hybridized carbons (Fsp3) is 0.778. The number of hydrogen-bond acceptors (Lipinski definition) is 5. The number of rotatable bonds is 4. The molecule has 5 nitrogen and oxygen atoms in total. The van der Waals surface area contributed by atoms with Gasteiger partial charge in [0.2, 0.25) is 5.89 Å². The Morgan fingerprint density at radius 3 is 2.50 bits per heavy atom. The van der Waals surface area contributed by atoms with E-state index in [0.29, 0.717) is 11.7 Å². The topological polar surface area (TPSA) is 68.4 Å². The summed E-state index contributed by atoms with van der Waals surface area (Å²) in [6.45, 7) is 5.36. The van der Waals surface area contributed by atoms with E-state index in [4.69, 9.17) is 9.26 Å². The largest absolute Gasteiger partial charge is 0.393 e. The minimum atomic E-state index is -0.499. The Kier molecular flexibility index (Phi) is 3.60. The van der Waals surface area contributed by atoms with Crippen LogP contribution in [0.25, 0.3) is 0 Å². The summed E-state index contributed by atoms with van der Waals surface area (Å²) < 4.78 is 10.1. The maximum Gasteiger partial charge on any atom is 0.232 e. The molecule has 0 fully saturated rings. The molecule has 0 amide bonds. The first-order valence-electron chi connectivity index (χ1n) is 4.60. The lowest BCUT2D eigenvalue weighted by molar-refractivity contribution is 0.109. The zero-order valence-electron chi connectivity index (χ0n) is 8.89. The summed E-state index contributed by atoms with van der Waals surface area (Å²) >= 11 is 0. The van der Waals surface area contributed by atoms with Gasteiger partial charge in [-0.3, -0.25) is 0 Å². The molecule has 0 saturated carbocycles. The van der Waals surface area contributed by atoms with Gasteiger partial charge in [-0.25, -0.2) is 0 Å². The summed E-state index contributed by atoms with van der Waals surface area (Å²) in [6, 6.07) is 0. The number of hydrogen-bond donors (Lipinski definition) is 1. The lowest BCUT2D eigenvalue weighted by Gasteiger charge is -2.08. The average Bonchev–Trinajstić information content (AvgIpc) is 2.64. The monoisotopic (exact) mass is 200 g/mol. The molecule has 3 unspecified atom stereocenters. The molecule has 14 heavy (non-hydrogen) atoms. The lowest BCUT2D eigenvalue weighted by Crippen LogP contribution is -2.11. The molecule has 0 aliphatic carbocycles. The van der Waals surface area contributed by atoms with Crippen LogP contribution in [0.15, 0.2) is 4.52 Å². The van der Waals surface area contributed by atoms with Gasteiger partial charge in [-0.15, -0.1) is 0 Å². The first-order chi connectivity index (χ1) is 6.56. The molecule has 0 bridgehead atoms. The van der Waals surface area contributed by atoms with E-state index in [2.05, 4.69) is 10.1 Å². The molecule has 1 N–H and O–H groups in total. The molecule has 0 spiro atoms. The van der Waals surface area contributed by atoms with Crippen LogP contribution in [0.1, 0.15) is 44.5 Å². The highest BCUT2D eigenvalue weighted by Crippen LogP contribution is 2.19. The Labute approximate surface area is 83.1 Å². The molecule has 3 atom stereocenters. The summed E-state index contributed by atoms with van der Waals surface area (Å²) in [4.78, 5) is 4.14. The molecule has 5 heteroatoms. The molecular formula is C9H16N2O3. The predicted octanol–water partition coefficient (Wildman–Crippen LogP) is 1.26. The van der Waals surface area contributed by atoms with Crippen molar-refractivity contribution in [3.8, 4) is 0 Å². The molecule has 1 aromatic rings. The molecular weight excluding hydrogens is 184 g/mol. The number of methoxy groups -OCH3 is 1.